The highest BCUT2D eigenvalue weighted by atomic mass is 35.5. The quantitative estimate of drug-likeness (QED) is 0.475. The smallest absolute Gasteiger partial charge is 0.247 e. The topological polar surface area (TPSA) is 78.4 Å². The number of para-hydroxylation sites is 1. The molecule has 0 fully saturated rings. The van der Waals surface area contributed by atoms with Gasteiger partial charge in [-0.2, -0.15) is 4.98 Å². The molecule has 0 bridgehead atoms. The largest absolute Gasteiger partial charge is 0.454 e. The predicted molar refractivity (Wildman–Crippen MR) is 111 cm³/mol. The zero-order valence-electron chi connectivity index (χ0n) is 15.1. The predicted octanol–water partition coefficient (Wildman–Crippen LogP) is 4.70. The minimum absolute atomic E-state index is 0.167. The molecule has 146 valence electrons. The minimum Gasteiger partial charge on any atom is -0.454 e. The van der Waals surface area contributed by atoms with Crippen molar-refractivity contribution in [3.63, 3.8) is 0 Å². The lowest BCUT2D eigenvalue weighted by Gasteiger charge is -2.20. The number of aromatic nitrogens is 3. The molecule has 0 radical (unpaired) electrons. The van der Waals surface area contributed by atoms with Gasteiger partial charge in [0.05, 0.1) is 5.02 Å². The van der Waals surface area contributed by atoms with E-state index in [9.17, 15) is 0 Å². The van der Waals surface area contributed by atoms with Gasteiger partial charge in [0.15, 0.2) is 23.4 Å². The Labute approximate surface area is 176 Å². The Morgan fingerprint density at radius 1 is 1.21 bits per heavy atom. The van der Waals surface area contributed by atoms with E-state index in [-0.39, 0.29) is 6.79 Å². The number of anilines is 1. The van der Waals surface area contributed by atoms with Crippen molar-refractivity contribution >= 4 is 29.1 Å². The maximum atomic E-state index is 6.53. The summed E-state index contributed by atoms with van der Waals surface area (Å²) in [5, 5.41) is 13.0. The van der Waals surface area contributed by atoms with E-state index in [4.69, 9.17) is 25.8 Å². The SMILES string of the molecule is C=CCSc1nnc2c(n1)OC(c1cc3c(cc1Cl)OCO3)Nc1ccccc1-2. The fourth-order valence-corrected chi connectivity index (χ4v) is 3.88. The molecule has 1 unspecified atom stereocenters. The van der Waals surface area contributed by atoms with E-state index in [1.807, 2.05) is 30.3 Å². The molecular weight excluding hydrogens is 412 g/mol. The van der Waals surface area contributed by atoms with Crippen molar-refractivity contribution in [2.75, 3.05) is 17.9 Å². The number of rotatable bonds is 4. The lowest BCUT2D eigenvalue weighted by molar-refractivity contribution is 0.173. The summed E-state index contributed by atoms with van der Waals surface area (Å²) < 4.78 is 17.1. The molecule has 2 aliphatic rings. The molecule has 0 spiro atoms. The zero-order valence-corrected chi connectivity index (χ0v) is 16.7. The molecule has 3 heterocycles. The van der Waals surface area contributed by atoms with Gasteiger partial charge in [-0.05, 0) is 12.1 Å². The second kappa shape index (κ2) is 7.46. The van der Waals surface area contributed by atoms with Crippen LogP contribution in [-0.2, 0) is 0 Å². The van der Waals surface area contributed by atoms with Gasteiger partial charge in [-0.25, -0.2) is 0 Å². The molecule has 0 saturated carbocycles. The molecule has 2 aliphatic heterocycles. The lowest BCUT2D eigenvalue weighted by atomic mass is 10.1. The summed E-state index contributed by atoms with van der Waals surface area (Å²) in [6.45, 7) is 3.89. The number of thioether (sulfide) groups is 1. The van der Waals surface area contributed by atoms with E-state index < -0.39 is 6.23 Å². The van der Waals surface area contributed by atoms with E-state index in [0.717, 1.165) is 11.3 Å². The van der Waals surface area contributed by atoms with Gasteiger partial charge in [0.1, 0.15) is 0 Å². The second-order valence-corrected chi connectivity index (χ2v) is 7.66. The summed E-state index contributed by atoms with van der Waals surface area (Å²) in [5.74, 6) is 2.28. The highest BCUT2D eigenvalue weighted by molar-refractivity contribution is 7.99. The van der Waals surface area contributed by atoms with Crippen LogP contribution < -0.4 is 19.5 Å². The van der Waals surface area contributed by atoms with Gasteiger partial charge in [0.25, 0.3) is 0 Å². The molecule has 0 aliphatic carbocycles. The van der Waals surface area contributed by atoms with Crippen LogP contribution in [0.25, 0.3) is 11.3 Å². The van der Waals surface area contributed by atoms with Crippen molar-refractivity contribution in [2.45, 2.75) is 11.4 Å². The summed E-state index contributed by atoms with van der Waals surface area (Å²) in [6, 6.07) is 11.3. The third kappa shape index (κ3) is 3.34. The van der Waals surface area contributed by atoms with Crippen molar-refractivity contribution in [3.8, 4) is 28.6 Å². The van der Waals surface area contributed by atoms with E-state index in [2.05, 4.69) is 27.1 Å². The van der Waals surface area contributed by atoms with Crippen LogP contribution in [0.3, 0.4) is 0 Å². The van der Waals surface area contributed by atoms with Crippen LogP contribution in [0.4, 0.5) is 5.69 Å². The van der Waals surface area contributed by atoms with Gasteiger partial charge >= 0.3 is 0 Å². The summed E-state index contributed by atoms with van der Waals surface area (Å²) in [7, 11) is 0. The van der Waals surface area contributed by atoms with Gasteiger partial charge in [-0.3, -0.25) is 0 Å². The summed E-state index contributed by atoms with van der Waals surface area (Å²) in [6.07, 6.45) is 1.18. The van der Waals surface area contributed by atoms with Crippen molar-refractivity contribution in [3.05, 3.63) is 59.6 Å². The van der Waals surface area contributed by atoms with Gasteiger partial charge in [0.2, 0.25) is 17.8 Å². The summed E-state index contributed by atoms with van der Waals surface area (Å²) in [5.41, 5.74) is 2.96. The average molecular weight is 427 g/mol. The number of ether oxygens (including phenoxy) is 3. The molecule has 1 aromatic heterocycles. The first-order valence-corrected chi connectivity index (χ1v) is 10.2. The maximum absolute atomic E-state index is 6.53. The average Bonchev–Trinajstić information content (AvgIpc) is 3.12. The Morgan fingerprint density at radius 3 is 2.90 bits per heavy atom. The van der Waals surface area contributed by atoms with Gasteiger partial charge < -0.3 is 19.5 Å². The van der Waals surface area contributed by atoms with Crippen LogP contribution >= 0.6 is 23.4 Å². The van der Waals surface area contributed by atoms with Crippen LogP contribution in [-0.4, -0.2) is 27.7 Å². The van der Waals surface area contributed by atoms with E-state index in [0.29, 0.717) is 44.6 Å². The van der Waals surface area contributed by atoms with Crippen LogP contribution in [0, 0.1) is 0 Å². The van der Waals surface area contributed by atoms with Crippen molar-refractivity contribution in [1.82, 2.24) is 15.2 Å². The van der Waals surface area contributed by atoms with Crippen LogP contribution in [0.1, 0.15) is 11.8 Å². The van der Waals surface area contributed by atoms with Crippen molar-refractivity contribution < 1.29 is 14.2 Å². The monoisotopic (exact) mass is 426 g/mol. The van der Waals surface area contributed by atoms with Crippen molar-refractivity contribution in [2.24, 2.45) is 0 Å². The standard InChI is InChI=1S/C20H15ClN4O3S/c1-2-7-29-20-23-19-17(24-25-20)11-5-3-4-6-14(11)22-18(28-19)12-8-15-16(9-13(12)21)27-10-26-15/h2-6,8-9,18,22H,1,7,10H2. The Balaban J connectivity index is 1.61. The Kier molecular flexibility index (Phi) is 4.65. The second-order valence-electron chi connectivity index (χ2n) is 6.26. The normalized spacial score (nSPS) is 16.1. The van der Waals surface area contributed by atoms with Gasteiger partial charge in [0, 0.05) is 28.6 Å². The van der Waals surface area contributed by atoms with Crippen molar-refractivity contribution in [1.29, 1.82) is 0 Å². The number of nitrogens with zero attached hydrogens (tertiary/aromatic N) is 3. The molecule has 7 nitrogen and oxygen atoms in total. The molecule has 29 heavy (non-hydrogen) atoms. The van der Waals surface area contributed by atoms with Crippen LogP contribution in [0.2, 0.25) is 5.02 Å². The zero-order chi connectivity index (χ0) is 19.8. The van der Waals surface area contributed by atoms with E-state index in [1.54, 1.807) is 12.1 Å². The fourth-order valence-electron chi connectivity index (χ4n) is 3.12. The number of nitrogens with one attached hydrogen (secondary N) is 1. The number of hydrogen-bond acceptors (Lipinski definition) is 8. The maximum Gasteiger partial charge on any atom is 0.247 e. The molecule has 0 saturated heterocycles. The van der Waals surface area contributed by atoms with E-state index in [1.165, 1.54) is 11.8 Å². The number of halogens is 1. The Bertz CT molecular complexity index is 1110. The molecule has 0 amide bonds. The van der Waals surface area contributed by atoms with Gasteiger partial charge in [-0.15, -0.1) is 16.8 Å². The Hall–Kier alpha value is -2.97. The summed E-state index contributed by atoms with van der Waals surface area (Å²) in [4.78, 5) is 4.57. The Morgan fingerprint density at radius 2 is 2.03 bits per heavy atom. The molecule has 3 aromatic rings. The molecular formula is C20H15ClN4O3S. The fraction of sp³-hybridized carbons (Fsp3) is 0.150. The highest BCUT2D eigenvalue weighted by Gasteiger charge is 2.29. The lowest BCUT2D eigenvalue weighted by Crippen LogP contribution is -2.17. The third-order valence-electron chi connectivity index (χ3n) is 4.44. The first kappa shape index (κ1) is 18.1. The number of fused-ring (bicyclic) bond motifs is 4. The van der Waals surface area contributed by atoms with Gasteiger partial charge in [-0.1, -0.05) is 47.6 Å². The highest BCUT2D eigenvalue weighted by Crippen LogP contribution is 2.44. The van der Waals surface area contributed by atoms with Crippen LogP contribution in [0.15, 0.2) is 54.2 Å². The van der Waals surface area contributed by atoms with Crippen LogP contribution in [0.5, 0.6) is 17.4 Å². The molecule has 5 rings (SSSR count). The number of hydrogen-bond donors (Lipinski definition) is 1. The first-order chi connectivity index (χ1) is 14.2. The first-order valence-electron chi connectivity index (χ1n) is 8.83. The molecule has 1 N–H and O–H groups in total. The molecule has 2 aromatic carbocycles. The number of benzene rings is 2. The van der Waals surface area contributed by atoms with E-state index >= 15 is 0 Å². The summed E-state index contributed by atoms with van der Waals surface area (Å²) >= 11 is 7.96. The molecule has 1 atom stereocenters. The minimum atomic E-state index is -0.603. The molecule has 9 heteroatoms. The third-order valence-corrected chi connectivity index (χ3v) is 5.60.